The lowest BCUT2D eigenvalue weighted by Crippen LogP contribution is -2.27. The largest absolute Gasteiger partial charge is 0.505 e. The summed E-state index contributed by atoms with van der Waals surface area (Å²) in [6.07, 6.45) is 2.80. The summed E-state index contributed by atoms with van der Waals surface area (Å²) in [5.41, 5.74) is 0.704. The lowest BCUT2D eigenvalue weighted by atomic mass is 10.1. The van der Waals surface area contributed by atoms with Gasteiger partial charge in [0.15, 0.2) is 17.4 Å². The molecule has 0 aliphatic carbocycles. The van der Waals surface area contributed by atoms with Crippen molar-refractivity contribution in [3.05, 3.63) is 47.4 Å². The van der Waals surface area contributed by atoms with E-state index < -0.39 is 0 Å². The van der Waals surface area contributed by atoms with E-state index in [1.54, 1.807) is 23.1 Å². The van der Waals surface area contributed by atoms with Gasteiger partial charge in [0.1, 0.15) is 11.5 Å². The molecule has 0 radical (unpaired) electrons. The van der Waals surface area contributed by atoms with E-state index in [9.17, 15) is 9.90 Å². The summed E-state index contributed by atoms with van der Waals surface area (Å²) >= 11 is 1.06. The van der Waals surface area contributed by atoms with E-state index in [0.717, 1.165) is 55.6 Å². The Morgan fingerprint density at radius 1 is 1.23 bits per heavy atom. The van der Waals surface area contributed by atoms with Crippen LogP contribution >= 0.6 is 11.7 Å². The van der Waals surface area contributed by atoms with Crippen LogP contribution in [0.4, 0.5) is 17.3 Å². The first-order valence-electron chi connectivity index (χ1n) is 10.1. The van der Waals surface area contributed by atoms with Crippen LogP contribution in [0.2, 0.25) is 0 Å². The molecule has 3 heterocycles. The quantitative estimate of drug-likeness (QED) is 0.470. The molecule has 1 aliphatic heterocycles. The lowest BCUT2D eigenvalue weighted by Gasteiger charge is -2.18. The average molecular weight is 428 g/mol. The maximum Gasteiger partial charge on any atom is 0.257 e. The Kier molecular flexibility index (Phi) is 5.89. The van der Waals surface area contributed by atoms with Gasteiger partial charge in [-0.2, -0.15) is 8.75 Å². The number of aromatic nitrogens is 2. The molecule has 30 heavy (non-hydrogen) atoms. The molecule has 1 amide bonds. The minimum Gasteiger partial charge on any atom is -0.505 e. The van der Waals surface area contributed by atoms with E-state index in [1.165, 1.54) is 0 Å². The van der Waals surface area contributed by atoms with Crippen molar-refractivity contribution in [3.63, 3.8) is 0 Å². The van der Waals surface area contributed by atoms with Crippen molar-refractivity contribution in [1.82, 2.24) is 13.6 Å². The summed E-state index contributed by atoms with van der Waals surface area (Å²) < 4.78 is 14.4. The number of aromatic hydroxyl groups is 1. The maximum absolute atomic E-state index is 12.7. The predicted octanol–water partition coefficient (Wildman–Crippen LogP) is 4.69. The summed E-state index contributed by atoms with van der Waals surface area (Å²) in [7, 11) is 0. The van der Waals surface area contributed by atoms with Crippen LogP contribution in [0, 0.1) is 6.92 Å². The van der Waals surface area contributed by atoms with Gasteiger partial charge < -0.3 is 25.1 Å². The molecule has 9 heteroatoms. The average Bonchev–Trinajstić information content (AvgIpc) is 3.50. The SMILES string of the molecule is CC[C@@H](Nc1nsnc1Nc1cccc(C(=O)N2CCCC2)c1O)c1ccc(C)o1. The Morgan fingerprint density at radius 2 is 2.00 bits per heavy atom. The van der Waals surface area contributed by atoms with Crippen LogP contribution in [0.15, 0.2) is 34.7 Å². The molecule has 0 saturated carbocycles. The molecule has 0 spiro atoms. The normalized spacial score (nSPS) is 14.7. The van der Waals surface area contributed by atoms with Crippen LogP contribution in [0.3, 0.4) is 0 Å². The topological polar surface area (TPSA) is 104 Å². The van der Waals surface area contributed by atoms with E-state index in [4.69, 9.17) is 4.42 Å². The van der Waals surface area contributed by atoms with Crippen LogP contribution in [-0.4, -0.2) is 37.8 Å². The van der Waals surface area contributed by atoms with Crippen LogP contribution < -0.4 is 10.6 Å². The van der Waals surface area contributed by atoms with Gasteiger partial charge in [-0.1, -0.05) is 13.0 Å². The van der Waals surface area contributed by atoms with Gasteiger partial charge in [-0.25, -0.2) is 0 Å². The predicted molar refractivity (Wildman–Crippen MR) is 117 cm³/mol. The third-order valence-electron chi connectivity index (χ3n) is 5.23. The van der Waals surface area contributed by atoms with Crippen molar-refractivity contribution in [2.24, 2.45) is 0 Å². The zero-order valence-electron chi connectivity index (χ0n) is 17.0. The second kappa shape index (κ2) is 8.74. The van der Waals surface area contributed by atoms with Gasteiger partial charge in [-0.05, 0) is 50.5 Å². The van der Waals surface area contributed by atoms with Gasteiger partial charge >= 0.3 is 0 Å². The number of furan rings is 1. The molecular formula is C21H25N5O3S. The fourth-order valence-corrected chi connectivity index (χ4v) is 4.06. The minimum atomic E-state index is -0.150. The molecule has 0 unspecified atom stereocenters. The number of hydrogen-bond donors (Lipinski definition) is 3. The monoisotopic (exact) mass is 427 g/mol. The number of phenolic OH excluding ortho intramolecular Hbond substituents is 1. The summed E-state index contributed by atoms with van der Waals surface area (Å²) in [4.78, 5) is 14.5. The molecule has 8 nitrogen and oxygen atoms in total. The molecule has 1 fully saturated rings. The number of carbonyl (C=O) groups excluding carboxylic acids is 1. The summed E-state index contributed by atoms with van der Waals surface area (Å²) in [5, 5.41) is 17.2. The van der Waals surface area contributed by atoms with E-state index in [1.807, 2.05) is 19.1 Å². The van der Waals surface area contributed by atoms with E-state index in [0.29, 0.717) is 17.3 Å². The molecule has 2 aromatic heterocycles. The second-order valence-electron chi connectivity index (χ2n) is 7.34. The molecule has 1 aromatic carbocycles. The number of para-hydroxylation sites is 1. The van der Waals surface area contributed by atoms with E-state index >= 15 is 0 Å². The van der Waals surface area contributed by atoms with E-state index in [-0.39, 0.29) is 23.3 Å². The van der Waals surface area contributed by atoms with Crippen molar-refractivity contribution in [2.45, 2.75) is 39.2 Å². The number of anilines is 3. The number of carbonyl (C=O) groups is 1. The Labute approximate surface area is 179 Å². The number of nitrogens with one attached hydrogen (secondary N) is 2. The number of rotatable bonds is 7. The maximum atomic E-state index is 12.7. The first kappa shape index (κ1) is 20.2. The highest BCUT2D eigenvalue weighted by molar-refractivity contribution is 6.99. The number of amides is 1. The van der Waals surface area contributed by atoms with Crippen molar-refractivity contribution in [3.8, 4) is 5.75 Å². The van der Waals surface area contributed by atoms with Crippen molar-refractivity contribution >= 4 is 35.0 Å². The zero-order chi connectivity index (χ0) is 21.1. The van der Waals surface area contributed by atoms with Crippen LogP contribution in [0.25, 0.3) is 0 Å². The third kappa shape index (κ3) is 4.11. The number of benzene rings is 1. The fourth-order valence-electron chi connectivity index (χ4n) is 3.58. The molecule has 158 valence electrons. The van der Waals surface area contributed by atoms with Gasteiger partial charge in [0, 0.05) is 13.1 Å². The van der Waals surface area contributed by atoms with Crippen LogP contribution in [0.1, 0.15) is 54.1 Å². The highest BCUT2D eigenvalue weighted by Crippen LogP contribution is 2.34. The standard InChI is InChI=1S/C21H25N5O3S/c1-3-15(17-10-9-13(2)29-17)22-19-20(25-30-24-19)23-16-8-6-7-14(18(16)27)21(28)26-11-4-5-12-26/h6-10,15,27H,3-5,11-12H2,1-2H3,(H,22,24)(H,23,25)/t15-/m1/s1. The van der Waals surface area contributed by atoms with Crippen molar-refractivity contribution in [1.29, 1.82) is 0 Å². The van der Waals surface area contributed by atoms with Gasteiger partial charge in [-0.3, -0.25) is 4.79 Å². The van der Waals surface area contributed by atoms with Crippen LogP contribution in [-0.2, 0) is 0 Å². The highest BCUT2D eigenvalue weighted by Gasteiger charge is 2.24. The van der Waals surface area contributed by atoms with Crippen molar-refractivity contribution in [2.75, 3.05) is 23.7 Å². The number of hydrogen-bond acceptors (Lipinski definition) is 8. The minimum absolute atomic E-state index is 0.0557. The first-order chi connectivity index (χ1) is 14.6. The Balaban J connectivity index is 1.54. The summed E-state index contributed by atoms with van der Waals surface area (Å²) in [6.45, 7) is 5.42. The Morgan fingerprint density at radius 3 is 2.70 bits per heavy atom. The second-order valence-corrected chi connectivity index (χ2v) is 7.87. The molecule has 1 aliphatic rings. The van der Waals surface area contributed by atoms with Crippen molar-refractivity contribution < 1.29 is 14.3 Å². The van der Waals surface area contributed by atoms with Gasteiger partial charge in [0.25, 0.3) is 5.91 Å². The summed E-state index contributed by atoms with van der Waals surface area (Å²) in [6, 6.07) is 8.93. The molecule has 1 atom stereocenters. The molecule has 1 saturated heterocycles. The molecule has 3 N–H and O–H groups in total. The van der Waals surface area contributed by atoms with Crippen LogP contribution in [0.5, 0.6) is 5.75 Å². The zero-order valence-corrected chi connectivity index (χ0v) is 17.8. The lowest BCUT2D eigenvalue weighted by molar-refractivity contribution is 0.0790. The van der Waals surface area contributed by atoms with Gasteiger partial charge in [0.05, 0.1) is 29.0 Å². The molecule has 4 rings (SSSR count). The Hall–Kier alpha value is -3.07. The number of phenols is 1. The molecular weight excluding hydrogens is 402 g/mol. The van der Waals surface area contributed by atoms with Gasteiger partial charge in [-0.15, -0.1) is 0 Å². The fraction of sp³-hybridized carbons (Fsp3) is 0.381. The van der Waals surface area contributed by atoms with Gasteiger partial charge in [0.2, 0.25) is 0 Å². The molecule has 3 aromatic rings. The summed E-state index contributed by atoms with van der Waals surface area (Å²) in [5.74, 6) is 2.50. The number of nitrogens with zero attached hydrogens (tertiary/aromatic N) is 3. The van der Waals surface area contributed by atoms with E-state index in [2.05, 4.69) is 26.3 Å². The highest BCUT2D eigenvalue weighted by atomic mass is 32.1. The number of likely N-dealkylation sites (tertiary alicyclic amines) is 1. The molecule has 0 bridgehead atoms. The first-order valence-corrected chi connectivity index (χ1v) is 10.8. The number of aryl methyl sites for hydroxylation is 1. The smallest absolute Gasteiger partial charge is 0.257 e. The Bertz CT molecular complexity index is 1030. The third-order valence-corrected chi connectivity index (χ3v) is 5.75.